The Kier molecular flexibility index (Phi) is 4.17. The number of hydrogen-bond donors (Lipinski definition) is 2. The number of carbonyl (C=O) groups is 1. The van der Waals surface area contributed by atoms with Gasteiger partial charge in [-0.2, -0.15) is 0 Å². The van der Waals surface area contributed by atoms with Crippen molar-refractivity contribution in [2.75, 3.05) is 6.54 Å². The summed E-state index contributed by atoms with van der Waals surface area (Å²) in [6.07, 6.45) is 5.21. The summed E-state index contributed by atoms with van der Waals surface area (Å²) in [6.45, 7) is 5.96. The number of rotatable bonds is 3. The van der Waals surface area contributed by atoms with E-state index in [0.29, 0.717) is 6.54 Å². The smallest absolute Gasteiger partial charge is 0.407 e. The average Bonchev–Trinajstić information content (AvgIpc) is 2.62. The van der Waals surface area contributed by atoms with E-state index in [1.807, 2.05) is 51.3 Å². The van der Waals surface area contributed by atoms with Crippen LogP contribution in [-0.4, -0.2) is 23.2 Å². The van der Waals surface area contributed by atoms with Crippen molar-refractivity contribution in [1.82, 2.24) is 10.3 Å². The number of aromatic nitrogens is 1. The van der Waals surface area contributed by atoms with Gasteiger partial charge in [0.25, 0.3) is 0 Å². The molecule has 4 heteroatoms. The van der Waals surface area contributed by atoms with Crippen LogP contribution >= 0.6 is 0 Å². The molecule has 0 radical (unpaired) electrons. The molecule has 0 unspecified atom stereocenters. The molecule has 0 spiro atoms. The van der Waals surface area contributed by atoms with Gasteiger partial charge in [0, 0.05) is 18.4 Å². The van der Waals surface area contributed by atoms with Gasteiger partial charge in [-0.05, 0) is 39.0 Å². The monoisotopic (exact) mass is 222 g/mol. The normalized spacial score (nSPS) is 11.7. The molecule has 0 bridgehead atoms. The highest BCUT2D eigenvalue weighted by atomic mass is 16.6. The summed E-state index contributed by atoms with van der Waals surface area (Å²) in [4.78, 5) is 14.3. The lowest BCUT2D eigenvalue weighted by Gasteiger charge is -2.19. The van der Waals surface area contributed by atoms with Crippen LogP contribution < -0.4 is 5.32 Å². The van der Waals surface area contributed by atoms with Crippen molar-refractivity contribution in [2.45, 2.75) is 26.4 Å². The lowest BCUT2D eigenvalue weighted by atomic mass is 10.2. The maximum atomic E-state index is 11.2. The van der Waals surface area contributed by atoms with E-state index in [0.717, 1.165) is 5.69 Å². The van der Waals surface area contributed by atoms with Gasteiger partial charge < -0.3 is 15.0 Å². The van der Waals surface area contributed by atoms with E-state index in [-0.39, 0.29) is 0 Å². The zero-order chi connectivity index (χ0) is 12.0. The molecule has 0 aliphatic heterocycles. The van der Waals surface area contributed by atoms with Crippen LogP contribution in [0.3, 0.4) is 0 Å². The van der Waals surface area contributed by atoms with Crippen molar-refractivity contribution in [1.29, 1.82) is 0 Å². The molecule has 0 aliphatic carbocycles. The van der Waals surface area contributed by atoms with Crippen molar-refractivity contribution in [3.63, 3.8) is 0 Å². The first kappa shape index (κ1) is 12.4. The number of hydrogen-bond acceptors (Lipinski definition) is 2. The Balaban J connectivity index is 2.23. The summed E-state index contributed by atoms with van der Waals surface area (Å²) in [5.41, 5.74) is 0.554. The fraction of sp³-hybridized carbons (Fsp3) is 0.417. The number of amides is 1. The quantitative estimate of drug-likeness (QED) is 0.825. The summed E-state index contributed by atoms with van der Waals surface area (Å²) in [5, 5.41) is 2.64. The summed E-state index contributed by atoms with van der Waals surface area (Å²) >= 11 is 0. The number of aromatic amines is 1. The SMILES string of the molecule is CC(C)(C)OC(=O)NCC=Cc1ccc[nH]1. The topological polar surface area (TPSA) is 54.1 Å². The number of alkyl carbamates (subject to hydrolysis) is 1. The zero-order valence-corrected chi connectivity index (χ0v) is 9.91. The van der Waals surface area contributed by atoms with Crippen LogP contribution in [0.15, 0.2) is 24.4 Å². The average molecular weight is 222 g/mol. The maximum Gasteiger partial charge on any atom is 0.407 e. The van der Waals surface area contributed by atoms with E-state index in [1.54, 1.807) is 0 Å². The van der Waals surface area contributed by atoms with Crippen LogP contribution in [0, 0.1) is 0 Å². The number of H-pyrrole nitrogens is 1. The van der Waals surface area contributed by atoms with Gasteiger partial charge in [-0.1, -0.05) is 6.08 Å². The van der Waals surface area contributed by atoms with Crippen LogP contribution in [-0.2, 0) is 4.74 Å². The van der Waals surface area contributed by atoms with Crippen LogP contribution in [0.1, 0.15) is 26.5 Å². The Labute approximate surface area is 95.7 Å². The van der Waals surface area contributed by atoms with E-state index in [4.69, 9.17) is 4.74 Å². The number of carbonyl (C=O) groups excluding carboxylic acids is 1. The molecule has 88 valence electrons. The fourth-order valence-electron chi connectivity index (χ4n) is 1.09. The molecule has 0 aromatic carbocycles. The first-order valence-electron chi connectivity index (χ1n) is 5.24. The van der Waals surface area contributed by atoms with Gasteiger partial charge in [0.2, 0.25) is 0 Å². The molecule has 1 aromatic rings. The molecule has 2 N–H and O–H groups in total. The second-order valence-electron chi connectivity index (χ2n) is 4.41. The van der Waals surface area contributed by atoms with Crippen LogP contribution in [0.2, 0.25) is 0 Å². The molecular formula is C12H18N2O2. The van der Waals surface area contributed by atoms with E-state index in [9.17, 15) is 4.79 Å². The Bertz CT molecular complexity index is 348. The first-order valence-corrected chi connectivity index (χ1v) is 5.24. The molecule has 1 rings (SSSR count). The van der Waals surface area contributed by atoms with Crippen molar-refractivity contribution in [2.24, 2.45) is 0 Å². The van der Waals surface area contributed by atoms with Gasteiger partial charge in [-0.3, -0.25) is 0 Å². The lowest BCUT2D eigenvalue weighted by Crippen LogP contribution is -2.32. The largest absolute Gasteiger partial charge is 0.444 e. The number of ether oxygens (including phenoxy) is 1. The molecule has 1 heterocycles. The maximum absolute atomic E-state index is 11.2. The molecule has 1 amide bonds. The minimum Gasteiger partial charge on any atom is -0.444 e. The van der Waals surface area contributed by atoms with E-state index in [1.165, 1.54) is 0 Å². The minimum atomic E-state index is -0.451. The standard InChI is InChI=1S/C12H18N2O2/c1-12(2,3)16-11(15)14-9-5-7-10-6-4-8-13-10/h4-8,13H,9H2,1-3H3,(H,14,15). The highest BCUT2D eigenvalue weighted by Gasteiger charge is 2.14. The first-order chi connectivity index (χ1) is 7.47. The molecule has 1 aromatic heterocycles. The third-order valence-electron chi connectivity index (χ3n) is 1.68. The van der Waals surface area contributed by atoms with Crippen molar-refractivity contribution >= 4 is 12.2 Å². The van der Waals surface area contributed by atoms with Crippen molar-refractivity contribution in [3.05, 3.63) is 30.1 Å². The zero-order valence-electron chi connectivity index (χ0n) is 9.91. The second kappa shape index (κ2) is 5.39. The van der Waals surface area contributed by atoms with E-state index in [2.05, 4.69) is 10.3 Å². The van der Waals surface area contributed by atoms with Gasteiger partial charge in [0.05, 0.1) is 0 Å². The van der Waals surface area contributed by atoms with E-state index >= 15 is 0 Å². The van der Waals surface area contributed by atoms with Crippen LogP contribution in [0.5, 0.6) is 0 Å². The third-order valence-corrected chi connectivity index (χ3v) is 1.68. The minimum absolute atomic E-state index is 0.399. The highest BCUT2D eigenvalue weighted by Crippen LogP contribution is 2.06. The van der Waals surface area contributed by atoms with Gasteiger partial charge in [0.1, 0.15) is 5.60 Å². The molecule has 0 saturated heterocycles. The fourth-order valence-corrected chi connectivity index (χ4v) is 1.09. The van der Waals surface area contributed by atoms with E-state index < -0.39 is 11.7 Å². The highest BCUT2D eigenvalue weighted by molar-refractivity contribution is 5.68. The Morgan fingerprint density at radius 2 is 2.31 bits per heavy atom. The van der Waals surface area contributed by atoms with Gasteiger partial charge in [-0.15, -0.1) is 0 Å². The van der Waals surface area contributed by atoms with Crippen LogP contribution in [0.4, 0.5) is 4.79 Å². The Morgan fingerprint density at radius 3 is 2.88 bits per heavy atom. The predicted octanol–water partition coefficient (Wildman–Crippen LogP) is 2.55. The van der Waals surface area contributed by atoms with Gasteiger partial charge >= 0.3 is 6.09 Å². The van der Waals surface area contributed by atoms with Gasteiger partial charge in [-0.25, -0.2) is 4.79 Å². The third kappa shape index (κ3) is 5.24. The molecular weight excluding hydrogens is 204 g/mol. The molecule has 0 fully saturated rings. The summed E-state index contributed by atoms with van der Waals surface area (Å²) in [5.74, 6) is 0. The Morgan fingerprint density at radius 1 is 1.56 bits per heavy atom. The summed E-state index contributed by atoms with van der Waals surface area (Å²) < 4.78 is 5.08. The Hall–Kier alpha value is -1.71. The molecule has 0 atom stereocenters. The van der Waals surface area contributed by atoms with Crippen molar-refractivity contribution < 1.29 is 9.53 Å². The summed E-state index contributed by atoms with van der Waals surface area (Å²) in [7, 11) is 0. The lowest BCUT2D eigenvalue weighted by molar-refractivity contribution is 0.0534. The molecule has 0 aliphatic rings. The molecule has 0 saturated carbocycles. The summed E-state index contributed by atoms with van der Waals surface area (Å²) in [6, 6.07) is 3.87. The van der Waals surface area contributed by atoms with Gasteiger partial charge in [0.15, 0.2) is 0 Å². The molecule has 16 heavy (non-hydrogen) atoms. The number of nitrogens with one attached hydrogen (secondary N) is 2. The van der Waals surface area contributed by atoms with Crippen LogP contribution in [0.25, 0.3) is 6.08 Å². The molecule has 4 nitrogen and oxygen atoms in total. The predicted molar refractivity (Wildman–Crippen MR) is 64.1 cm³/mol. The second-order valence-corrected chi connectivity index (χ2v) is 4.41. The van der Waals surface area contributed by atoms with Crippen molar-refractivity contribution in [3.8, 4) is 0 Å².